The Bertz CT molecular complexity index is 697. The number of ether oxygens (including phenoxy) is 2. The van der Waals surface area contributed by atoms with Gasteiger partial charge in [-0.2, -0.15) is 0 Å². The zero-order valence-corrected chi connectivity index (χ0v) is 18.8. The second-order valence-electron chi connectivity index (χ2n) is 7.19. The first kappa shape index (κ1) is 24.8. The van der Waals surface area contributed by atoms with Crippen molar-refractivity contribution < 1.29 is 37.4 Å². The van der Waals surface area contributed by atoms with Gasteiger partial charge in [0.2, 0.25) is 5.76 Å². The van der Waals surface area contributed by atoms with Crippen LogP contribution in [0.1, 0.15) is 39.2 Å². The normalized spacial score (nSPS) is 12.9. The quantitative estimate of drug-likeness (QED) is 0.258. The average Bonchev–Trinajstić information content (AvgIpc) is 2.66. The molecule has 0 saturated carbocycles. The van der Waals surface area contributed by atoms with Gasteiger partial charge < -0.3 is 27.9 Å². The molecule has 0 spiro atoms. The van der Waals surface area contributed by atoms with E-state index < -0.39 is 32.3 Å². The molecule has 0 bridgehead atoms. The molecule has 1 rings (SSSR count). The van der Waals surface area contributed by atoms with Crippen molar-refractivity contribution in [3.63, 3.8) is 0 Å². The smallest absolute Gasteiger partial charge is 0.475 e. The van der Waals surface area contributed by atoms with E-state index in [1.807, 2.05) is 6.07 Å². The number of carboxylic acids is 1. The summed E-state index contributed by atoms with van der Waals surface area (Å²) in [7, 11) is 1.73. The Labute approximate surface area is 172 Å². The fraction of sp³-hybridized carbons (Fsp3) is 0.500. The van der Waals surface area contributed by atoms with Crippen LogP contribution in [0.3, 0.4) is 0 Å². The van der Waals surface area contributed by atoms with Gasteiger partial charge in [-0.1, -0.05) is 30.3 Å². The second kappa shape index (κ2) is 11.1. The number of carboxylic acid groups (broad SMARTS) is 1. The van der Waals surface area contributed by atoms with Gasteiger partial charge in [0, 0.05) is 32.9 Å². The summed E-state index contributed by atoms with van der Waals surface area (Å²) in [5.74, 6) is -1.83. The summed E-state index contributed by atoms with van der Waals surface area (Å²) in [5.41, 5.74) is 0.192. The summed E-state index contributed by atoms with van der Waals surface area (Å²) < 4.78 is 26.4. The van der Waals surface area contributed by atoms with E-state index in [9.17, 15) is 14.7 Å². The third-order valence-corrected chi connectivity index (χ3v) is 6.84. The van der Waals surface area contributed by atoms with Crippen LogP contribution in [0, 0.1) is 0 Å². The summed E-state index contributed by atoms with van der Waals surface area (Å²) in [6.45, 7) is 5.00. The Kier molecular flexibility index (Phi) is 9.51. The molecule has 162 valence electrons. The number of hydrogen-bond acceptors (Lipinski definition) is 7. The molecule has 0 heterocycles. The van der Waals surface area contributed by atoms with Gasteiger partial charge >= 0.3 is 20.9 Å². The van der Waals surface area contributed by atoms with Crippen molar-refractivity contribution in [3.05, 3.63) is 41.7 Å². The van der Waals surface area contributed by atoms with Crippen LogP contribution in [-0.4, -0.2) is 53.0 Å². The van der Waals surface area contributed by atoms with Crippen molar-refractivity contribution in [1.29, 1.82) is 0 Å². The molecule has 0 amide bonds. The monoisotopic (exact) mass is 426 g/mol. The molecule has 0 aliphatic rings. The van der Waals surface area contributed by atoms with Gasteiger partial charge in [0.05, 0.1) is 0 Å². The van der Waals surface area contributed by atoms with E-state index in [0.29, 0.717) is 30.0 Å². The predicted octanol–water partition coefficient (Wildman–Crippen LogP) is 4.09. The second-order valence-corrected chi connectivity index (χ2v) is 10.3. The Morgan fingerprint density at radius 1 is 1.00 bits per heavy atom. The molecular weight excluding hydrogens is 396 g/mol. The Morgan fingerprint density at radius 3 is 2.00 bits per heavy atom. The zero-order valence-electron chi connectivity index (χ0n) is 17.8. The number of carbonyl (C=O) groups excluding carboxylic acids is 1. The highest BCUT2D eigenvalue weighted by Crippen LogP contribution is 2.28. The molecule has 0 aromatic heterocycles. The molecule has 8 nitrogen and oxygen atoms in total. The van der Waals surface area contributed by atoms with Gasteiger partial charge in [-0.3, -0.25) is 0 Å². The lowest BCUT2D eigenvalue weighted by atomic mass is 10.00. The lowest BCUT2D eigenvalue weighted by Crippen LogP contribution is -2.42. The largest absolute Gasteiger partial charge is 0.514 e. The third kappa shape index (κ3) is 7.98. The van der Waals surface area contributed by atoms with Crippen molar-refractivity contribution >= 4 is 26.5 Å². The molecule has 9 heteroatoms. The first-order valence-electron chi connectivity index (χ1n) is 9.15. The highest BCUT2D eigenvalue weighted by Gasteiger charge is 2.37. The van der Waals surface area contributed by atoms with Gasteiger partial charge in [0.15, 0.2) is 0 Å². The minimum absolute atomic E-state index is 0.305. The van der Waals surface area contributed by atoms with Crippen LogP contribution >= 0.6 is 0 Å². The van der Waals surface area contributed by atoms with Crippen LogP contribution in [-0.2, 0) is 27.5 Å². The summed E-state index contributed by atoms with van der Waals surface area (Å²) in [5, 5.41) is 9.69. The summed E-state index contributed by atoms with van der Waals surface area (Å²) in [6.07, 6.45) is -0.266. The van der Waals surface area contributed by atoms with Gasteiger partial charge in [-0.05, 0) is 39.2 Å². The first-order chi connectivity index (χ1) is 13.6. The molecule has 0 atom stereocenters. The molecule has 0 aliphatic heterocycles. The van der Waals surface area contributed by atoms with E-state index in [-0.39, 0.29) is 0 Å². The van der Waals surface area contributed by atoms with E-state index in [2.05, 4.69) is 0 Å². The maximum atomic E-state index is 12.1. The van der Waals surface area contributed by atoms with Gasteiger partial charge in [-0.15, -0.1) is 0 Å². The molecule has 0 radical (unpaired) electrons. The van der Waals surface area contributed by atoms with Crippen molar-refractivity contribution in [2.45, 2.75) is 45.3 Å². The maximum Gasteiger partial charge on any atom is 0.514 e. The molecule has 29 heavy (non-hydrogen) atoms. The minimum atomic E-state index is -2.81. The maximum absolute atomic E-state index is 12.1. The first-order valence-corrected chi connectivity index (χ1v) is 11.1. The molecule has 1 aromatic carbocycles. The van der Waals surface area contributed by atoms with E-state index in [1.54, 1.807) is 45.0 Å². The number of benzene rings is 1. The van der Waals surface area contributed by atoms with Crippen LogP contribution < -0.4 is 0 Å². The summed E-state index contributed by atoms with van der Waals surface area (Å²) >= 11 is 0. The minimum Gasteiger partial charge on any atom is -0.475 e. The average molecular weight is 427 g/mol. The summed E-state index contributed by atoms with van der Waals surface area (Å²) in [4.78, 5) is 24.0. The van der Waals surface area contributed by atoms with Crippen LogP contribution in [0.4, 0.5) is 4.79 Å². The van der Waals surface area contributed by atoms with Gasteiger partial charge in [0.25, 0.3) is 0 Å². The van der Waals surface area contributed by atoms with Crippen molar-refractivity contribution in [1.82, 2.24) is 0 Å². The Morgan fingerprint density at radius 2 is 1.55 bits per heavy atom. The van der Waals surface area contributed by atoms with Crippen LogP contribution in [0.25, 0.3) is 5.57 Å². The Hall–Kier alpha value is -2.20. The van der Waals surface area contributed by atoms with Crippen LogP contribution in [0.2, 0.25) is 6.04 Å². The predicted molar refractivity (Wildman–Crippen MR) is 109 cm³/mol. The number of rotatable bonds is 10. The van der Waals surface area contributed by atoms with Crippen LogP contribution in [0.15, 0.2) is 36.1 Å². The topological polar surface area (TPSA) is 101 Å². The van der Waals surface area contributed by atoms with Crippen molar-refractivity contribution in [2.75, 3.05) is 21.3 Å². The molecular formula is C20H30O8Si. The number of allylic oxidation sites excluding steroid dienone is 1. The SMILES string of the molecule is CO[Si](CCCC(=C(OC(=O)OC(C)(C)C)C(=O)O)c1ccccc1)(OC)OC. The standard InChI is InChI=1S/C20H30O8Si/c1-20(2,3)28-19(23)27-17(18(21)22)16(15-11-8-7-9-12-15)13-10-14-29(24-4,25-5)26-6/h7-9,11-12H,10,13-14H2,1-6H3,(H,21,22). The molecule has 0 fully saturated rings. The molecule has 1 aromatic rings. The number of hydrogen-bond donors (Lipinski definition) is 1. The van der Waals surface area contributed by atoms with Gasteiger partial charge in [0.1, 0.15) is 5.60 Å². The lowest BCUT2D eigenvalue weighted by Gasteiger charge is -2.24. The Balaban J connectivity index is 3.19. The van der Waals surface area contributed by atoms with E-state index in [1.165, 1.54) is 21.3 Å². The highest BCUT2D eigenvalue weighted by atomic mass is 28.4. The summed E-state index contributed by atoms with van der Waals surface area (Å²) in [6, 6.07) is 9.34. The van der Waals surface area contributed by atoms with Crippen molar-refractivity contribution in [2.24, 2.45) is 0 Å². The van der Waals surface area contributed by atoms with Gasteiger partial charge in [-0.25, -0.2) is 9.59 Å². The highest BCUT2D eigenvalue weighted by molar-refractivity contribution is 6.60. The molecule has 1 N–H and O–H groups in total. The molecule has 0 saturated heterocycles. The lowest BCUT2D eigenvalue weighted by molar-refractivity contribution is -0.136. The molecule has 0 aliphatic carbocycles. The van der Waals surface area contributed by atoms with Crippen molar-refractivity contribution in [3.8, 4) is 0 Å². The zero-order chi connectivity index (χ0) is 22.1. The fourth-order valence-electron chi connectivity index (χ4n) is 2.65. The van der Waals surface area contributed by atoms with E-state index in [0.717, 1.165) is 0 Å². The third-order valence-electron chi connectivity index (χ3n) is 4.01. The van der Waals surface area contributed by atoms with Crippen LogP contribution in [0.5, 0.6) is 0 Å². The number of carbonyl (C=O) groups is 2. The number of aliphatic carboxylic acids is 1. The van der Waals surface area contributed by atoms with E-state index in [4.69, 9.17) is 22.8 Å². The fourth-order valence-corrected chi connectivity index (χ4v) is 4.38. The van der Waals surface area contributed by atoms with E-state index >= 15 is 0 Å². The molecule has 0 unspecified atom stereocenters.